The highest BCUT2D eigenvalue weighted by atomic mass is 35.5. The predicted octanol–water partition coefficient (Wildman–Crippen LogP) is 11.0. The van der Waals surface area contributed by atoms with Crippen molar-refractivity contribution in [3.05, 3.63) is 190 Å². The summed E-state index contributed by atoms with van der Waals surface area (Å²) >= 11 is 12.9. The van der Waals surface area contributed by atoms with Crippen LogP contribution in [0.4, 0.5) is 11.4 Å². The van der Waals surface area contributed by atoms with Gasteiger partial charge in [-0.25, -0.2) is 10.1 Å². The molecular weight excluding hydrogens is 719 g/mol. The lowest BCUT2D eigenvalue weighted by molar-refractivity contribution is -0.131. The molecule has 54 heavy (non-hydrogen) atoms. The molecule has 0 aromatic heterocycles. The molecule has 0 bridgehead atoms. The Hall–Kier alpha value is -5.31. The molecule has 0 N–H and O–H groups in total. The SMILES string of the molecule is COc1ccc([C@H]2ON(c3ccccc3)[C@@H](c3ccc(Cl)cc3)[C@@H]2C(=O)[C@@H]2[C@@H](c3ccc(Cl)cc3)N(c3ccccc3)O[C@H]2c2ccc(OC)cc2)cc1. The van der Waals surface area contributed by atoms with Crippen molar-refractivity contribution >= 4 is 40.4 Å². The number of carbonyl (C=O) groups excluding carboxylic acids is 1. The summed E-state index contributed by atoms with van der Waals surface area (Å²) in [6.07, 6.45) is -1.34. The van der Waals surface area contributed by atoms with E-state index < -0.39 is 36.1 Å². The van der Waals surface area contributed by atoms with E-state index in [9.17, 15) is 0 Å². The smallest absolute Gasteiger partial charge is 0.150 e. The molecule has 0 spiro atoms. The number of carbonyl (C=O) groups is 1. The lowest BCUT2D eigenvalue weighted by Gasteiger charge is -2.31. The van der Waals surface area contributed by atoms with Gasteiger partial charge < -0.3 is 9.47 Å². The number of halogens is 2. The first kappa shape index (κ1) is 35.7. The van der Waals surface area contributed by atoms with Gasteiger partial charge in [0.1, 0.15) is 29.5 Å². The van der Waals surface area contributed by atoms with Gasteiger partial charge >= 0.3 is 0 Å². The minimum Gasteiger partial charge on any atom is -0.497 e. The first-order valence-corrected chi connectivity index (χ1v) is 18.5. The van der Waals surface area contributed by atoms with Crippen LogP contribution in [0.2, 0.25) is 10.0 Å². The molecule has 2 aliphatic heterocycles. The average Bonchev–Trinajstić information content (AvgIpc) is 3.83. The Morgan fingerprint density at radius 3 is 1.15 bits per heavy atom. The van der Waals surface area contributed by atoms with E-state index in [1.807, 2.05) is 168 Å². The largest absolute Gasteiger partial charge is 0.497 e. The van der Waals surface area contributed by atoms with Crippen molar-refractivity contribution in [2.75, 3.05) is 24.3 Å². The summed E-state index contributed by atoms with van der Waals surface area (Å²) in [5.74, 6) is -0.0228. The van der Waals surface area contributed by atoms with Crippen LogP contribution in [0.1, 0.15) is 46.5 Å². The van der Waals surface area contributed by atoms with Gasteiger partial charge in [0.05, 0.1) is 49.5 Å². The Morgan fingerprint density at radius 2 is 0.815 bits per heavy atom. The van der Waals surface area contributed by atoms with E-state index in [0.29, 0.717) is 21.5 Å². The molecule has 2 aliphatic rings. The van der Waals surface area contributed by atoms with Crippen molar-refractivity contribution in [1.29, 1.82) is 0 Å². The second-order valence-corrected chi connectivity index (χ2v) is 14.2. The zero-order valence-corrected chi connectivity index (χ0v) is 31.2. The lowest BCUT2D eigenvalue weighted by Crippen LogP contribution is -2.37. The monoisotopic (exact) mass is 756 g/mol. The van der Waals surface area contributed by atoms with Gasteiger partial charge in [-0.3, -0.25) is 14.5 Å². The number of benzene rings is 6. The molecule has 9 heteroatoms. The topological polar surface area (TPSA) is 60.5 Å². The molecular formula is C45H38Cl2N2O5. The summed E-state index contributed by atoms with van der Waals surface area (Å²) in [6.45, 7) is 0. The van der Waals surface area contributed by atoms with E-state index >= 15 is 4.79 Å². The molecule has 272 valence electrons. The van der Waals surface area contributed by atoms with E-state index in [0.717, 1.165) is 33.6 Å². The Bertz CT molecular complexity index is 2010. The zero-order chi connectivity index (χ0) is 37.2. The van der Waals surface area contributed by atoms with Crippen molar-refractivity contribution in [2.45, 2.75) is 24.3 Å². The number of Topliss-reactive ketones (excluding diaryl/α,β-unsaturated/α-hetero) is 1. The second kappa shape index (κ2) is 15.6. The van der Waals surface area contributed by atoms with Crippen molar-refractivity contribution in [2.24, 2.45) is 11.8 Å². The third-order valence-corrected chi connectivity index (χ3v) is 10.8. The number of para-hydroxylation sites is 2. The Labute approximate surface area is 325 Å². The van der Waals surface area contributed by atoms with Crippen molar-refractivity contribution in [3.63, 3.8) is 0 Å². The average molecular weight is 758 g/mol. The summed E-state index contributed by atoms with van der Waals surface area (Å²) < 4.78 is 11.0. The van der Waals surface area contributed by atoms with Crippen LogP contribution in [-0.4, -0.2) is 20.0 Å². The van der Waals surface area contributed by atoms with E-state index in [1.54, 1.807) is 14.2 Å². The molecule has 0 unspecified atom stereocenters. The number of hydrogen-bond donors (Lipinski definition) is 0. The van der Waals surface area contributed by atoms with Gasteiger partial charge in [0, 0.05) is 10.0 Å². The highest BCUT2D eigenvalue weighted by molar-refractivity contribution is 6.30. The number of rotatable bonds is 10. The van der Waals surface area contributed by atoms with Crippen LogP contribution in [-0.2, 0) is 14.5 Å². The van der Waals surface area contributed by atoms with Crippen LogP contribution in [0.15, 0.2) is 158 Å². The van der Waals surface area contributed by atoms with Crippen LogP contribution in [0.5, 0.6) is 11.5 Å². The van der Waals surface area contributed by atoms with Crippen LogP contribution < -0.4 is 19.6 Å². The Kier molecular flexibility index (Phi) is 10.3. The summed E-state index contributed by atoms with van der Waals surface area (Å²) in [6, 6.07) is 49.5. The highest BCUT2D eigenvalue weighted by Crippen LogP contribution is 2.56. The van der Waals surface area contributed by atoms with E-state index in [4.69, 9.17) is 42.4 Å². The first-order chi connectivity index (χ1) is 26.4. The highest BCUT2D eigenvalue weighted by Gasteiger charge is 2.57. The third-order valence-electron chi connectivity index (χ3n) is 10.3. The second-order valence-electron chi connectivity index (χ2n) is 13.4. The lowest BCUT2D eigenvalue weighted by atomic mass is 9.73. The fourth-order valence-electron chi connectivity index (χ4n) is 7.68. The summed E-state index contributed by atoms with van der Waals surface area (Å²) in [5, 5.41) is 4.96. The Balaban J connectivity index is 1.34. The maximum Gasteiger partial charge on any atom is 0.150 e. The number of ether oxygens (including phenoxy) is 2. The number of ketones is 1. The quantitative estimate of drug-likeness (QED) is 0.138. The van der Waals surface area contributed by atoms with E-state index in [-0.39, 0.29) is 5.78 Å². The minimum atomic E-state index is -0.709. The molecule has 2 saturated heterocycles. The van der Waals surface area contributed by atoms with Crippen LogP contribution in [0.25, 0.3) is 0 Å². The van der Waals surface area contributed by atoms with Gasteiger partial charge in [0.15, 0.2) is 0 Å². The molecule has 8 rings (SSSR count). The molecule has 0 saturated carbocycles. The molecule has 6 atom stereocenters. The Morgan fingerprint density at radius 1 is 0.481 bits per heavy atom. The first-order valence-electron chi connectivity index (χ1n) is 17.8. The van der Waals surface area contributed by atoms with Gasteiger partial charge in [-0.15, -0.1) is 0 Å². The maximum atomic E-state index is 16.2. The zero-order valence-electron chi connectivity index (χ0n) is 29.7. The number of methoxy groups -OCH3 is 2. The van der Waals surface area contributed by atoms with Gasteiger partial charge in [0.2, 0.25) is 0 Å². The van der Waals surface area contributed by atoms with Gasteiger partial charge in [-0.1, -0.05) is 108 Å². The molecule has 0 radical (unpaired) electrons. The van der Waals surface area contributed by atoms with E-state index in [2.05, 4.69) is 0 Å². The fraction of sp³-hybridized carbons (Fsp3) is 0.178. The molecule has 0 amide bonds. The fourth-order valence-corrected chi connectivity index (χ4v) is 7.94. The number of hydrogen-bond acceptors (Lipinski definition) is 7. The van der Waals surface area contributed by atoms with Crippen LogP contribution >= 0.6 is 23.2 Å². The maximum absolute atomic E-state index is 16.2. The number of nitrogens with zero attached hydrogens (tertiary/aromatic N) is 2. The molecule has 2 heterocycles. The molecule has 6 aromatic carbocycles. The summed E-state index contributed by atoms with van der Waals surface area (Å²) in [4.78, 5) is 30.2. The summed E-state index contributed by atoms with van der Waals surface area (Å²) in [5.41, 5.74) is 5.10. The van der Waals surface area contributed by atoms with Gasteiger partial charge in [-0.2, -0.15) is 0 Å². The summed E-state index contributed by atoms with van der Waals surface area (Å²) in [7, 11) is 3.27. The van der Waals surface area contributed by atoms with Crippen LogP contribution in [0, 0.1) is 11.8 Å². The minimum absolute atomic E-state index is 0.0200. The van der Waals surface area contributed by atoms with Crippen molar-refractivity contribution < 1.29 is 23.9 Å². The molecule has 0 aliphatic carbocycles. The predicted molar refractivity (Wildman–Crippen MR) is 212 cm³/mol. The normalized spacial score (nSPS) is 22.3. The standard InChI is InChI=1S/C45H38Cl2N2O5/c1-51-37-25-17-31(18-26-37)44-39(41(29-13-21-33(46)22-14-29)48(53-44)35-9-5-3-6-10-35)43(50)40-42(30-15-23-34(47)24-16-30)49(36-11-7-4-8-12-36)54-45(40)32-19-27-38(52-2)28-20-32/h3-28,39-42,44-45H,1-2H3/t39-,40+,41+,42-,44-,45+. The third kappa shape index (κ3) is 6.92. The van der Waals surface area contributed by atoms with Crippen molar-refractivity contribution in [1.82, 2.24) is 0 Å². The van der Waals surface area contributed by atoms with Gasteiger partial charge in [-0.05, 0) is 95.1 Å². The number of hydroxylamine groups is 2. The molecule has 6 aromatic rings. The van der Waals surface area contributed by atoms with Crippen molar-refractivity contribution in [3.8, 4) is 11.5 Å². The van der Waals surface area contributed by atoms with E-state index in [1.165, 1.54) is 0 Å². The number of anilines is 2. The van der Waals surface area contributed by atoms with Crippen LogP contribution in [0.3, 0.4) is 0 Å². The molecule has 7 nitrogen and oxygen atoms in total. The van der Waals surface area contributed by atoms with Gasteiger partial charge in [0.25, 0.3) is 0 Å². The molecule has 2 fully saturated rings.